The summed E-state index contributed by atoms with van der Waals surface area (Å²) in [5.41, 5.74) is 1.03. The quantitative estimate of drug-likeness (QED) is 0.721. The van der Waals surface area contributed by atoms with Gasteiger partial charge in [0.25, 0.3) is 0 Å². The Morgan fingerprint density at radius 1 is 1.11 bits per heavy atom. The van der Waals surface area contributed by atoms with Crippen LogP contribution < -0.4 is 4.74 Å². The Balaban J connectivity index is 2.41. The molecule has 0 saturated heterocycles. The number of methoxy groups -OCH3 is 1. The first kappa shape index (κ1) is 14.4. The molecule has 0 amide bonds. The molecule has 0 aliphatic heterocycles. The fourth-order valence-corrected chi connectivity index (χ4v) is 2.44. The molecule has 2 nitrogen and oxygen atoms in total. The molecule has 0 fully saturated rings. The minimum absolute atomic E-state index is 0.131. The minimum atomic E-state index is -0.131. The summed E-state index contributed by atoms with van der Waals surface area (Å²) in [5, 5.41) is 0.782. The molecule has 5 heteroatoms. The van der Waals surface area contributed by atoms with E-state index in [1.807, 2.05) is 0 Å². The molecule has 19 heavy (non-hydrogen) atoms. The first-order valence-electron chi connectivity index (χ1n) is 5.36. The van der Waals surface area contributed by atoms with Crippen LogP contribution in [0.25, 0.3) is 0 Å². The molecular weight excluding hydrogens is 351 g/mol. The molecule has 0 unspecified atom stereocenters. The summed E-state index contributed by atoms with van der Waals surface area (Å²) in [6.45, 7) is 0. The van der Waals surface area contributed by atoms with Crippen molar-refractivity contribution in [3.63, 3.8) is 0 Å². The second-order valence-corrected chi connectivity index (χ2v) is 5.47. The normalized spacial score (nSPS) is 10.3. The highest BCUT2D eigenvalue weighted by Gasteiger charge is 2.14. The second-order valence-electron chi connectivity index (χ2n) is 3.80. The van der Waals surface area contributed by atoms with Gasteiger partial charge in [-0.05, 0) is 52.3 Å². The number of halogens is 3. The Labute approximate surface area is 129 Å². The summed E-state index contributed by atoms with van der Waals surface area (Å²) >= 11 is 15.1. The van der Waals surface area contributed by atoms with Gasteiger partial charge in [-0.1, -0.05) is 23.2 Å². The third-order valence-electron chi connectivity index (χ3n) is 2.60. The molecule has 0 radical (unpaired) electrons. The van der Waals surface area contributed by atoms with E-state index in [0.717, 1.165) is 0 Å². The van der Waals surface area contributed by atoms with Crippen LogP contribution in [0, 0.1) is 0 Å². The van der Waals surface area contributed by atoms with Crippen molar-refractivity contribution in [3.8, 4) is 5.75 Å². The molecule has 2 aromatic carbocycles. The van der Waals surface area contributed by atoms with Gasteiger partial charge in [-0.2, -0.15) is 0 Å². The summed E-state index contributed by atoms with van der Waals surface area (Å²) in [7, 11) is 1.57. The highest BCUT2D eigenvalue weighted by Crippen LogP contribution is 2.28. The van der Waals surface area contributed by atoms with Gasteiger partial charge in [0.2, 0.25) is 0 Å². The van der Waals surface area contributed by atoms with Gasteiger partial charge in [-0.3, -0.25) is 4.79 Å². The molecule has 0 spiro atoms. The number of carbonyl (C=O) groups excluding carboxylic acids is 1. The van der Waals surface area contributed by atoms with Crippen molar-refractivity contribution in [2.75, 3.05) is 7.11 Å². The Morgan fingerprint density at radius 3 is 2.42 bits per heavy atom. The molecule has 0 heterocycles. The van der Waals surface area contributed by atoms with Crippen molar-refractivity contribution >= 4 is 44.9 Å². The molecule has 0 aromatic heterocycles. The van der Waals surface area contributed by atoms with Gasteiger partial charge in [0.1, 0.15) is 5.75 Å². The van der Waals surface area contributed by atoms with Crippen LogP contribution in [0.4, 0.5) is 0 Å². The summed E-state index contributed by atoms with van der Waals surface area (Å²) in [5.74, 6) is 0.547. The van der Waals surface area contributed by atoms with Gasteiger partial charge < -0.3 is 4.74 Å². The van der Waals surface area contributed by atoms with Gasteiger partial charge >= 0.3 is 0 Å². The molecule has 0 aliphatic carbocycles. The Hall–Kier alpha value is -1.03. The maximum Gasteiger partial charge on any atom is 0.194 e. The number of carbonyl (C=O) groups is 1. The summed E-state index contributed by atoms with van der Waals surface area (Å²) in [4.78, 5) is 12.4. The molecule has 98 valence electrons. The Bertz CT molecular complexity index is 641. The van der Waals surface area contributed by atoms with Crippen molar-refractivity contribution in [1.29, 1.82) is 0 Å². The van der Waals surface area contributed by atoms with E-state index >= 15 is 0 Å². The van der Waals surface area contributed by atoms with Crippen LogP contribution in [0.3, 0.4) is 0 Å². The van der Waals surface area contributed by atoms with Crippen LogP contribution in [0.5, 0.6) is 5.75 Å². The fraction of sp³-hybridized carbons (Fsp3) is 0.0714. The van der Waals surface area contributed by atoms with Gasteiger partial charge in [-0.25, -0.2) is 0 Å². The number of ether oxygens (including phenoxy) is 1. The highest BCUT2D eigenvalue weighted by molar-refractivity contribution is 9.10. The minimum Gasteiger partial charge on any atom is -0.497 e. The predicted octanol–water partition coefficient (Wildman–Crippen LogP) is 5.00. The zero-order chi connectivity index (χ0) is 14.0. The summed E-state index contributed by atoms with van der Waals surface area (Å²) in [6, 6.07) is 9.98. The fourth-order valence-electron chi connectivity index (χ4n) is 1.60. The topological polar surface area (TPSA) is 26.3 Å². The van der Waals surface area contributed by atoms with E-state index in [4.69, 9.17) is 27.9 Å². The molecule has 2 aromatic rings. The molecule has 0 atom stereocenters. The van der Waals surface area contributed by atoms with Crippen molar-refractivity contribution in [2.45, 2.75) is 0 Å². The van der Waals surface area contributed by atoms with Crippen LogP contribution in [-0.4, -0.2) is 12.9 Å². The lowest BCUT2D eigenvalue weighted by molar-refractivity contribution is 0.103. The van der Waals surface area contributed by atoms with Crippen LogP contribution >= 0.6 is 39.1 Å². The van der Waals surface area contributed by atoms with E-state index in [0.29, 0.717) is 31.4 Å². The maximum absolute atomic E-state index is 12.4. The van der Waals surface area contributed by atoms with Gasteiger partial charge in [0.05, 0.1) is 17.2 Å². The Kier molecular flexibility index (Phi) is 4.50. The van der Waals surface area contributed by atoms with E-state index in [2.05, 4.69) is 15.9 Å². The van der Waals surface area contributed by atoms with Crippen LogP contribution in [0.15, 0.2) is 40.9 Å². The van der Waals surface area contributed by atoms with E-state index in [9.17, 15) is 4.79 Å². The van der Waals surface area contributed by atoms with Gasteiger partial charge in [0, 0.05) is 15.6 Å². The number of hydrogen-bond acceptors (Lipinski definition) is 2. The van der Waals surface area contributed by atoms with Crippen LogP contribution in [-0.2, 0) is 0 Å². The van der Waals surface area contributed by atoms with E-state index in [1.165, 1.54) is 0 Å². The standard InChI is InChI=1S/C14H9BrCl2O2/c1-19-9-3-4-10(11(15)7-9)14(18)8-2-5-12(16)13(17)6-8/h2-7H,1H3. The first-order valence-corrected chi connectivity index (χ1v) is 6.91. The summed E-state index contributed by atoms with van der Waals surface area (Å²) in [6.07, 6.45) is 0. The van der Waals surface area contributed by atoms with Gasteiger partial charge in [0.15, 0.2) is 5.78 Å². The molecule has 0 aliphatic rings. The van der Waals surface area contributed by atoms with Crippen molar-refractivity contribution < 1.29 is 9.53 Å². The number of rotatable bonds is 3. The first-order chi connectivity index (χ1) is 9.02. The smallest absolute Gasteiger partial charge is 0.194 e. The SMILES string of the molecule is COc1ccc(C(=O)c2ccc(Cl)c(Cl)c2)c(Br)c1. The molecule has 2 rings (SSSR count). The maximum atomic E-state index is 12.4. The highest BCUT2D eigenvalue weighted by atomic mass is 79.9. The average Bonchev–Trinajstić information content (AvgIpc) is 2.41. The molecule has 0 N–H and O–H groups in total. The van der Waals surface area contributed by atoms with Crippen molar-refractivity contribution in [1.82, 2.24) is 0 Å². The third kappa shape index (κ3) is 3.11. The monoisotopic (exact) mass is 358 g/mol. The molecular formula is C14H9BrCl2O2. The Morgan fingerprint density at radius 2 is 1.84 bits per heavy atom. The summed E-state index contributed by atoms with van der Waals surface area (Å²) < 4.78 is 5.76. The lowest BCUT2D eigenvalue weighted by atomic mass is 10.0. The van der Waals surface area contributed by atoms with E-state index in [-0.39, 0.29) is 5.78 Å². The zero-order valence-electron chi connectivity index (χ0n) is 9.91. The lowest BCUT2D eigenvalue weighted by Crippen LogP contribution is -2.02. The molecule has 0 saturated carbocycles. The van der Waals surface area contributed by atoms with E-state index < -0.39 is 0 Å². The van der Waals surface area contributed by atoms with Crippen molar-refractivity contribution in [2.24, 2.45) is 0 Å². The number of hydrogen-bond donors (Lipinski definition) is 0. The largest absolute Gasteiger partial charge is 0.497 e. The number of ketones is 1. The number of benzene rings is 2. The third-order valence-corrected chi connectivity index (χ3v) is 4.00. The second kappa shape index (κ2) is 5.95. The van der Waals surface area contributed by atoms with Gasteiger partial charge in [-0.15, -0.1) is 0 Å². The van der Waals surface area contributed by atoms with E-state index in [1.54, 1.807) is 43.5 Å². The molecule has 0 bridgehead atoms. The van der Waals surface area contributed by atoms with Crippen molar-refractivity contribution in [3.05, 3.63) is 62.0 Å². The van der Waals surface area contributed by atoms with Crippen LogP contribution in [0.1, 0.15) is 15.9 Å². The lowest BCUT2D eigenvalue weighted by Gasteiger charge is -2.07. The predicted molar refractivity (Wildman–Crippen MR) is 80.6 cm³/mol. The zero-order valence-corrected chi connectivity index (χ0v) is 13.0. The average molecular weight is 360 g/mol. The van der Waals surface area contributed by atoms with Crippen LogP contribution in [0.2, 0.25) is 10.0 Å².